The van der Waals surface area contributed by atoms with Gasteiger partial charge < -0.3 is 24.1 Å². The van der Waals surface area contributed by atoms with E-state index in [1.807, 2.05) is 22.9 Å². The molecule has 0 fully saturated rings. The summed E-state index contributed by atoms with van der Waals surface area (Å²) >= 11 is 0. The van der Waals surface area contributed by atoms with Crippen LogP contribution in [-0.4, -0.2) is 36.8 Å². The van der Waals surface area contributed by atoms with Gasteiger partial charge in [-0.15, -0.1) is 0 Å². The van der Waals surface area contributed by atoms with Crippen LogP contribution in [0.4, 0.5) is 5.69 Å². The zero-order chi connectivity index (χ0) is 21.0. The smallest absolute Gasteiger partial charge is 0.338 e. The number of fused-ring (bicyclic) bond motifs is 1. The molecule has 7 heteroatoms. The highest BCUT2D eigenvalue weighted by atomic mass is 16.5. The molecule has 0 saturated heterocycles. The standard InChI is InChI=1S/C22H24N2O5/c1-14(2)29-22(26)15-5-7-16(8-6-15)23-21(25)13-24-10-9-18-19(24)11-17(27-3)12-20(18)28-4/h5-12,14H,13H2,1-4H3,(H,23,25). The molecule has 0 aliphatic rings. The highest BCUT2D eigenvalue weighted by Gasteiger charge is 2.13. The highest BCUT2D eigenvalue weighted by molar-refractivity contribution is 5.94. The average molecular weight is 396 g/mol. The number of hydrogen-bond acceptors (Lipinski definition) is 5. The molecule has 0 spiro atoms. The molecule has 29 heavy (non-hydrogen) atoms. The third-order valence-electron chi connectivity index (χ3n) is 4.34. The Hall–Kier alpha value is -3.48. The fourth-order valence-electron chi connectivity index (χ4n) is 2.99. The van der Waals surface area contributed by atoms with Crippen molar-refractivity contribution in [3.05, 3.63) is 54.2 Å². The van der Waals surface area contributed by atoms with Crippen LogP contribution in [-0.2, 0) is 16.1 Å². The molecule has 7 nitrogen and oxygen atoms in total. The maximum Gasteiger partial charge on any atom is 0.338 e. The quantitative estimate of drug-likeness (QED) is 0.614. The lowest BCUT2D eigenvalue weighted by atomic mass is 10.2. The number of methoxy groups -OCH3 is 2. The van der Waals surface area contributed by atoms with Crippen molar-refractivity contribution in [1.82, 2.24) is 4.57 Å². The summed E-state index contributed by atoms with van der Waals surface area (Å²) in [5, 5.41) is 3.73. The van der Waals surface area contributed by atoms with E-state index in [1.165, 1.54) is 0 Å². The second-order valence-electron chi connectivity index (χ2n) is 6.79. The second-order valence-corrected chi connectivity index (χ2v) is 6.79. The van der Waals surface area contributed by atoms with Crippen molar-refractivity contribution >= 4 is 28.5 Å². The van der Waals surface area contributed by atoms with Crippen molar-refractivity contribution in [3.8, 4) is 11.5 Å². The molecular formula is C22H24N2O5. The van der Waals surface area contributed by atoms with E-state index < -0.39 is 0 Å². The molecule has 0 aliphatic heterocycles. The number of rotatable bonds is 7. The van der Waals surface area contributed by atoms with E-state index in [2.05, 4.69) is 5.32 Å². The van der Waals surface area contributed by atoms with E-state index in [9.17, 15) is 9.59 Å². The Morgan fingerprint density at radius 1 is 1.03 bits per heavy atom. The Morgan fingerprint density at radius 2 is 1.76 bits per heavy atom. The lowest BCUT2D eigenvalue weighted by Gasteiger charge is -2.11. The van der Waals surface area contributed by atoms with E-state index in [1.54, 1.807) is 58.4 Å². The van der Waals surface area contributed by atoms with Crippen LogP contribution in [0.25, 0.3) is 10.9 Å². The van der Waals surface area contributed by atoms with E-state index >= 15 is 0 Å². The molecule has 1 heterocycles. The van der Waals surface area contributed by atoms with Gasteiger partial charge in [0.25, 0.3) is 0 Å². The number of carbonyl (C=O) groups is 2. The molecule has 2 aromatic carbocycles. The molecule has 1 N–H and O–H groups in total. The summed E-state index contributed by atoms with van der Waals surface area (Å²) in [4.78, 5) is 24.4. The normalized spacial score (nSPS) is 10.8. The van der Waals surface area contributed by atoms with E-state index in [-0.39, 0.29) is 24.5 Å². The number of esters is 1. The van der Waals surface area contributed by atoms with Gasteiger partial charge in [0, 0.05) is 29.4 Å². The second kappa shape index (κ2) is 8.68. The number of nitrogens with one attached hydrogen (secondary N) is 1. The molecule has 0 unspecified atom stereocenters. The third kappa shape index (κ3) is 4.68. The van der Waals surface area contributed by atoms with Crippen LogP contribution < -0.4 is 14.8 Å². The Bertz CT molecular complexity index is 1020. The van der Waals surface area contributed by atoms with Crippen molar-refractivity contribution in [1.29, 1.82) is 0 Å². The van der Waals surface area contributed by atoms with Gasteiger partial charge >= 0.3 is 5.97 Å². The number of aromatic nitrogens is 1. The zero-order valence-corrected chi connectivity index (χ0v) is 16.9. The third-order valence-corrected chi connectivity index (χ3v) is 4.34. The Labute approximate surface area is 169 Å². The fourth-order valence-corrected chi connectivity index (χ4v) is 2.99. The Morgan fingerprint density at radius 3 is 2.38 bits per heavy atom. The molecule has 3 aromatic rings. The van der Waals surface area contributed by atoms with Crippen LogP contribution in [0, 0.1) is 0 Å². The topological polar surface area (TPSA) is 78.8 Å². The van der Waals surface area contributed by atoms with Crippen LogP contribution in [0.3, 0.4) is 0 Å². The maximum absolute atomic E-state index is 12.5. The van der Waals surface area contributed by atoms with Crippen molar-refractivity contribution < 1.29 is 23.8 Å². The SMILES string of the molecule is COc1cc(OC)c2ccn(CC(=O)Nc3ccc(C(=O)OC(C)C)cc3)c2c1. The minimum absolute atomic E-state index is 0.122. The van der Waals surface area contributed by atoms with Gasteiger partial charge in [-0.1, -0.05) is 0 Å². The summed E-state index contributed by atoms with van der Waals surface area (Å²) in [7, 11) is 3.18. The molecule has 0 bridgehead atoms. The summed E-state index contributed by atoms with van der Waals surface area (Å²) < 4.78 is 17.7. The van der Waals surface area contributed by atoms with Gasteiger partial charge in [0.1, 0.15) is 18.0 Å². The van der Waals surface area contributed by atoms with Crippen molar-refractivity contribution in [2.24, 2.45) is 0 Å². The molecule has 1 amide bonds. The summed E-state index contributed by atoms with van der Waals surface area (Å²) in [5.74, 6) is 0.752. The molecule has 0 atom stereocenters. The van der Waals surface area contributed by atoms with Crippen LogP contribution in [0.5, 0.6) is 11.5 Å². The van der Waals surface area contributed by atoms with Gasteiger partial charge in [-0.25, -0.2) is 4.79 Å². The van der Waals surface area contributed by atoms with E-state index in [4.69, 9.17) is 14.2 Å². The molecular weight excluding hydrogens is 372 g/mol. The number of anilines is 1. The van der Waals surface area contributed by atoms with Gasteiger partial charge in [-0.3, -0.25) is 4.79 Å². The van der Waals surface area contributed by atoms with Crippen molar-refractivity contribution in [2.45, 2.75) is 26.5 Å². The van der Waals surface area contributed by atoms with Gasteiger partial charge in [0.2, 0.25) is 5.91 Å². The first-order valence-corrected chi connectivity index (χ1v) is 9.23. The molecule has 0 saturated carbocycles. The van der Waals surface area contributed by atoms with Gasteiger partial charge in [0.05, 0.1) is 31.4 Å². The number of carbonyl (C=O) groups excluding carboxylic acids is 2. The molecule has 152 valence electrons. The first kappa shape index (κ1) is 20.3. The average Bonchev–Trinajstić information content (AvgIpc) is 3.09. The minimum Gasteiger partial charge on any atom is -0.497 e. The first-order valence-electron chi connectivity index (χ1n) is 9.23. The summed E-state index contributed by atoms with van der Waals surface area (Å²) in [6, 6.07) is 12.2. The summed E-state index contributed by atoms with van der Waals surface area (Å²) in [5.41, 5.74) is 1.87. The zero-order valence-electron chi connectivity index (χ0n) is 16.9. The van der Waals surface area contributed by atoms with E-state index in [0.29, 0.717) is 22.7 Å². The fraction of sp³-hybridized carbons (Fsp3) is 0.273. The number of nitrogens with zero attached hydrogens (tertiary/aromatic N) is 1. The van der Waals surface area contributed by atoms with Crippen LogP contribution in [0.1, 0.15) is 24.2 Å². The lowest BCUT2D eigenvalue weighted by molar-refractivity contribution is -0.116. The number of benzene rings is 2. The van der Waals surface area contributed by atoms with Crippen LogP contribution in [0.15, 0.2) is 48.7 Å². The number of hydrogen-bond donors (Lipinski definition) is 1. The minimum atomic E-state index is -0.389. The number of amides is 1. The lowest BCUT2D eigenvalue weighted by Crippen LogP contribution is -2.18. The Kier molecular flexibility index (Phi) is 6.07. The predicted octanol–water partition coefficient (Wildman–Crippen LogP) is 3.86. The summed E-state index contributed by atoms with van der Waals surface area (Å²) in [6.45, 7) is 3.71. The van der Waals surface area contributed by atoms with Crippen LogP contribution in [0.2, 0.25) is 0 Å². The van der Waals surface area contributed by atoms with Gasteiger partial charge in [0.15, 0.2) is 0 Å². The molecule has 0 radical (unpaired) electrons. The Balaban J connectivity index is 1.72. The maximum atomic E-state index is 12.5. The van der Waals surface area contributed by atoms with E-state index in [0.717, 1.165) is 10.9 Å². The van der Waals surface area contributed by atoms with Gasteiger partial charge in [-0.2, -0.15) is 0 Å². The predicted molar refractivity (Wildman–Crippen MR) is 111 cm³/mol. The monoisotopic (exact) mass is 396 g/mol. The first-order chi connectivity index (χ1) is 13.9. The molecule has 0 aliphatic carbocycles. The van der Waals surface area contributed by atoms with Gasteiger partial charge in [-0.05, 0) is 44.2 Å². The molecule has 1 aromatic heterocycles. The van der Waals surface area contributed by atoms with Crippen LogP contribution >= 0.6 is 0 Å². The number of ether oxygens (including phenoxy) is 3. The van der Waals surface area contributed by atoms with Crippen molar-refractivity contribution in [2.75, 3.05) is 19.5 Å². The molecule has 3 rings (SSSR count). The highest BCUT2D eigenvalue weighted by Crippen LogP contribution is 2.31. The summed E-state index contributed by atoms with van der Waals surface area (Å²) in [6.07, 6.45) is 1.65. The largest absolute Gasteiger partial charge is 0.497 e. The van der Waals surface area contributed by atoms with Crippen molar-refractivity contribution in [3.63, 3.8) is 0 Å².